The van der Waals surface area contributed by atoms with Gasteiger partial charge in [-0.2, -0.15) is 0 Å². The van der Waals surface area contributed by atoms with E-state index in [1.54, 1.807) is 23.5 Å². The zero-order valence-electron chi connectivity index (χ0n) is 10.3. The molecular formula is C12H16N2O3S. The van der Waals surface area contributed by atoms with Gasteiger partial charge in [-0.3, -0.25) is 14.6 Å². The topological polar surface area (TPSA) is 59.5 Å². The third-order valence-corrected chi connectivity index (χ3v) is 3.73. The number of hydrogen-bond donors (Lipinski definition) is 0. The van der Waals surface area contributed by atoms with Crippen molar-refractivity contribution < 1.29 is 14.3 Å². The van der Waals surface area contributed by atoms with Crippen molar-refractivity contribution in [3.63, 3.8) is 0 Å². The van der Waals surface area contributed by atoms with E-state index in [1.807, 2.05) is 0 Å². The van der Waals surface area contributed by atoms with Crippen molar-refractivity contribution in [1.82, 2.24) is 9.88 Å². The maximum Gasteiger partial charge on any atom is 0.310 e. The molecule has 1 aliphatic heterocycles. The lowest BCUT2D eigenvalue weighted by atomic mass is 9.98. The first-order valence-corrected chi connectivity index (χ1v) is 6.94. The average molecular weight is 268 g/mol. The van der Waals surface area contributed by atoms with E-state index in [0.717, 1.165) is 12.8 Å². The quantitative estimate of drug-likeness (QED) is 0.781. The number of carbonyl (C=O) groups is 2. The molecule has 2 heterocycles. The van der Waals surface area contributed by atoms with Crippen molar-refractivity contribution >= 4 is 23.2 Å². The van der Waals surface area contributed by atoms with E-state index in [0.29, 0.717) is 24.6 Å². The van der Waals surface area contributed by atoms with Crippen LogP contribution in [0.2, 0.25) is 0 Å². The molecule has 1 atom stereocenters. The number of aromatic nitrogens is 1. The summed E-state index contributed by atoms with van der Waals surface area (Å²) in [5, 5.41) is 0. The number of ether oxygens (including phenoxy) is 1. The number of thiazole rings is 1. The lowest BCUT2D eigenvalue weighted by Crippen LogP contribution is -2.42. The molecule has 5 nitrogen and oxygen atoms in total. The Bertz CT molecular complexity index is 419. The van der Waals surface area contributed by atoms with Gasteiger partial charge in [0.25, 0.3) is 5.91 Å². The number of piperidine rings is 1. The first-order chi connectivity index (χ1) is 8.72. The molecule has 0 radical (unpaired) electrons. The van der Waals surface area contributed by atoms with Crippen LogP contribution in [-0.2, 0) is 9.53 Å². The Hall–Kier alpha value is -1.43. The Morgan fingerprint density at radius 1 is 1.61 bits per heavy atom. The summed E-state index contributed by atoms with van der Waals surface area (Å²) in [7, 11) is 0. The third-order valence-electron chi connectivity index (χ3n) is 2.97. The highest BCUT2D eigenvalue weighted by Crippen LogP contribution is 2.20. The summed E-state index contributed by atoms with van der Waals surface area (Å²) < 4.78 is 5.01. The summed E-state index contributed by atoms with van der Waals surface area (Å²) in [6, 6.07) is 0. The van der Waals surface area contributed by atoms with Gasteiger partial charge in [-0.05, 0) is 19.8 Å². The first kappa shape index (κ1) is 13.0. The largest absolute Gasteiger partial charge is 0.466 e. The molecule has 0 N–H and O–H groups in total. The minimum absolute atomic E-state index is 0.0356. The predicted molar refractivity (Wildman–Crippen MR) is 67.4 cm³/mol. The van der Waals surface area contributed by atoms with Crippen LogP contribution < -0.4 is 0 Å². The number of likely N-dealkylation sites (tertiary alicyclic amines) is 1. The maximum atomic E-state index is 12.1. The van der Waals surface area contributed by atoms with Crippen LogP contribution in [0.15, 0.2) is 11.7 Å². The number of rotatable bonds is 3. The molecule has 1 aromatic rings. The highest BCUT2D eigenvalue weighted by atomic mass is 32.1. The molecule has 1 fully saturated rings. The van der Waals surface area contributed by atoms with Gasteiger partial charge in [0.15, 0.2) is 0 Å². The van der Waals surface area contributed by atoms with E-state index < -0.39 is 0 Å². The van der Waals surface area contributed by atoms with Crippen LogP contribution in [0.4, 0.5) is 0 Å². The van der Waals surface area contributed by atoms with Crippen molar-refractivity contribution in [2.24, 2.45) is 5.92 Å². The van der Waals surface area contributed by atoms with Crippen LogP contribution >= 0.6 is 11.3 Å². The number of nitrogens with zero attached hydrogens (tertiary/aromatic N) is 2. The number of carbonyl (C=O) groups excluding carboxylic acids is 2. The highest BCUT2D eigenvalue weighted by Gasteiger charge is 2.30. The van der Waals surface area contributed by atoms with Gasteiger partial charge in [-0.15, -0.1) is 11.3 Å². The normalized spacial score (nSPS) is 19.6. The minimum Gasteiger partial charge on any atom is -0.466 e. The fourth-order valence-electron chi connectivity index (χ4n) is 2.09. The molecule has 98 valence electrons. The Morgan fingerprint density at radius 2 is 2.44 bits per heavy atom. The molecule has 0 aliphatic carbocycles. The lowest BCUT2D eigenvalue weighted by molar-refractivity contribution is -0.149. The molecule has 1 aliphatic rings. The molecule has 0 saturated carbocycles. The van der Waals surface area contributed by atoms with Crippen LogP contribution in [0.3, 0.4) is 0 Å². The third kappa shape index (κ3) is 2.87. The maximum absolute atomic E-state index is 12.1. The molecular weight excluding hydrogens is 252 g/mol. The molecule has 1 aromatic heterocycles. The number of hydrogen-bond acceptors (Lipinski definition) is 5. The van der Waals surface area contributed by atoms with Crippen molar-refractivity contribution in [3.05, 3.63) is 16.6 Å². The van der Waals surface area contributed by atoms with Crippen LogP contribution in [0.5, 0.6) is 0 Å². The zero-order chi connectivity index (χ0) is 13.0. The average Bonchev–Trinajstić information content (AvgIpc) is 2.92. The molecule has 0 unspecified atom stereocenters. The van der Waals surface area contributed by atoms with Gasteiger partial charge in [-0.1, -0.05) is 0 Å². The smallest absolute Gasteiger partial charge is 0.310 e. The first-order valence-electron chi connectivity index (χ1n) is 6.06. The van der Waals surface area contributed by atoms with Crippen LogP contribution in [0, 0.1) is 5.92 Å². The molecule has 6 heteroatoms. The van der Waals surface area contributed by atoms with Crippen molar-refractivity contribution in [2.75, 3.05) is 19.7 Å². The van der Waals surface area contributed by atoms with Gasteiger partial charge >= 0.3 is 5.97 Å². The van der Waals surface area contributed by atoms with Gasteiger partial charge in [0.05, 0.1) is 24.2 Å². The van der Waals surface area contributed by atoms with Crippen LogP contribution in [0.1, 0.15) is 29.4 Å². The highest BCUT2D eigenvalue weighted by molar-refractivity contribution is 7.11. The number of amides is 1. The Labute approximate surface area is 110 Å². The van der Waals surface area contributed by atoms with E-state index in [1.165, 1.54) is 11.3 Å². The second-order valence-corrected chi connectivity index (χ2v) is 5.09. The fraction of sp³-hybridized carbons (Fsp3) is 0.583. The van der Waals surface area contributed by atoms with Crippen molar-refractivity contribution in [2.45, 2.75) is 19.8 Å². The Balaban J connectivity index is 1.98. The van der Waals surface area contributed by atoms with E-state index in [9.17, 15) is 9.59 Å². The Morgan fingerprint density at radius 3 is 3.11 bits per heavy atom. The predicted octanol–water partition coefficient (Wildman–Crippen LogP) is 1.56. The van der Waals surface area contributed by atoms with Gasteiger partial charge in [0, 0.05) is 13.1 Å². The van der Waals surface area contributed by atoms with Gasteiger partial charge in [0.1, 0.15) is 4.88 Å². The minimum atomic E-state index is -0.195. The summed E-state index contributed by atoms with van der Waals surface area (Å²) in [4.78, 5) is 30.1. The molecule has 2 rings (SSSR count). The van der Waals surface area contributed by atoms with E-state index in [4.69, 9.17) is 4.74 Å². The summed E-state index contributed by atoms with van der Waals surface area (Å²) in [5.74, 6) is -0.415. The van der Waals surface area contributed by atoms with Crippen LogP contribution in [0.25, 0.3) is 0 Å². The van der Waals surface area contributed by atoms with Gasteiger partial charge in [0.2, 0.25) is 0 Å². The summed E-state index contributed by atoms with van der Waals surface area (Å²) >= 11 is 1.33. The summed E-state index contributed by atoms with van der Waals surface area (Å²) in [6.07, 6.45) is 3.21. The molecule has 0 bridgehead atoms. The van der Waals surface area contributed by atoms with E-state index in [-0.39, 0.29) is 17.8 Å². The lowest BCUT2D eigenvalue weighted by Gasteiger charge is -2.31. The van der Waals surface area contributed by atoms with Gasteiger partial charge < -0.3 is 9.64 Å². The van der Waals surface area contributed by atoms with E-state index in [2.05, 4.69) is 4.98 Å². The fourth-order valence-corrected chi connectivity index (χ4v) is 2.68. The molecule has 1 amide bonds. The van der Waals surface area contributed by atoms with Crippen LogP contribution in [-0.4, -0.2) is 41.5 Å². The van der Waals surface area contributed by atoms with Crippen molar-refractivity contribution in [3.8, 4) is 0 Å². The molecule has 1 saturated heterocycles. The summed E-state index contributed by atoms with van der Waals surface area (Å²) in [6.45, 7) is 3.33. The SMILES string of the molecule is CCOC(=O)[C@H]1CCCN(C(=O)c2cncs2)C1. The molecule has 0 spiro atoms. The Kier molecular flexibility index (Phi) is 4.30. The zero-order valence-corrected chi connectivity index (χ0v) is 11.1. The second kappa shape index (κ2) is 5.95. The second-order valence-electron chi connectivity index (χ2n) is 4.21. The monoisotopic (exact) mass is 268 g/mol. The van der Waals surface area contributed by atoms with Crippen molar-refractivity contribution in [1.29, 1.82) is 0 Å². The summed E-state index contributed by atoms with van der Waals surface area (Å²) in [5.41, 5.74) is 1.64. The molecule has 0 aromatic carbocycles. The van der Waals surface area contributed by atoms with Gasteiger partial charge in [-0.25, -0.2) is 0 Å². The van der Waals surface area contributed by atoms with E-state index >= 15 is 0 Å². The number of esters is 1. The molecule has 18 heavy (non-hydrogen) atoms. The standard InChI is InChI=1S/C12H16N2O3S/c1-2-17-12(16)9-4-3-5-14(7-9)11(15)10-6-13-8-18-10/h6,8-9H,2-5,7H2,1H3/t9-/m0/s1.